The average molecular weight is 180 g/mol. The number of hydrogen-bond donors (Lipinski definition) is 0. The van der Waals surface area contributed by atoms with Crippen molar-refractivity contribution >= 4 is 10.9 Å². The molecular weight excluding hydrogens is 176 g/mol. The van der Waals surface area contributed by atoms with Crippen LogP contribution in [-0.4, -0.2) is 5.21 Å². The maximum Gasteiger partial charge on any atom is 0.297 e. The summed E-state index contributed by atoms with van der Waals surface area (Å²) in [5, 5.41) is 35.7. The van der Waals surface area contributed by atoms with E-state index < -0.39 is 0 Å². The quantitative estimate of drug-likeness (QED) is 0.350. The van der Waals surface area contributed by atoms with Crippen LogP contribution in [0, 0.1) is 15.6 Å². The van der Waals surface area contributed by atoms with Crippen molar-refractivity contribution in [2.75, 3.05) is 0 Å². The minimum absolute atomic E-state index is 0.106. The van der Waals surface area contributed by atoms with Gasteiger partial charge in [-0.05, 0) is 0 Å². The maximum absolute atomic E-state index is 11.0. The molecule has 2 aromatic heterocycles. The molecule has 2 heterocycles. The van der Waals surface area contributed by atoms with Crippen LogP contribution in [-0.2, 0) is 0 Å². The SMILES string of the molecule is [O-][n+]1ccc2c(c1)c[n+]([O-])n[n+]2[O-]. The molecule has 0 fully saturated rings. The van der Waals surface area contributed by atoms with E-state index in [1.807, 2.05) is 0 Å². The molecule has 0 aliphatic rings. The summed E-state index contributed by atoms with van der Waals surface area (Å²) in [7, 11) is 0. The van der Waals surface area contributed by atoms with Crippen LogP contribution in [0.2, 0.25) is 0 Å². The van der Waals surface area contributed by atoms with Crippen molar-refractivity contribution in [1.82, 2.24) is 5.21 Å². The molecule has 0 radical (unpaired) electrons. The molecule has 7 nitrogen and oxygen atoms in total. The van der Waals surface area contributed by atoms with Crippen molar-refractivity contribution in [2.45, 2.75) is 0 Å². The van der Waals surface area contributed by atoms with E-state index in [1.165, 1.54) is 6.07 Å². The predicted octanol–water partition coefficient (Wildman–Crippen LogP) is -1.86. The molecule has 7 heteroatoms. The molecule has 2 aromatic rings. The number of hydrogen-bond acceptors (Lipinski definition) is 4. The first kappa shape index (κ1) is 7.47. The Kier molecular flexibility index (Phi) is 1.38. The molecule has 66 valence electrons. The lowest BCUT2D eigenvalue weighted by Crippen LogP contribution is -2.48. The Morgan fingerprint density at radius 1 is 1.15 bits per heavy atom. The van der Waals surface area contributed by atoms with E-state index in [4.69, 9.17) is 0 Å². The minimum atomic E-state index is 0.106. The molecule has 0 atom stereocenters. The van der Waals surface area contributed by atoms with E-state index in [2.05, 4.69) is 5.21 Å². The van der Waals surface area contributed by atoms with Gasteiger partial charge in [-0.25, -0.2) is 0 Å². The van der Waals surface area contributed by atoms with Gasteiger partial charge in [-0.1, -0.05) is 0 Å². The van der Waals surface area contributed by atoms with Crippen molar-refractivity contribution < 1.29 is 14.4 Å². The molecule has 0 aromatic carbocycles. The Morgan fingerprint density at radius 3 is 2.69 bits per heavy atom. The van der Waals surface area contributed by atoms with Crippen LogP contribution in [0.5, 0.6) is 0 Å². The van der Waals surface area contributed by atoms with Crippen molar-refractivity contribution in [2.24, 2.45) is 0 Å². The summed E-state index contributed by atoms with van der Waals surface area (Å²) in [6, 6.07) is 1.29. The average Bonchev–Trinajstić information content (AvgIpc) is 2.02. The van der Waals surface area contributed by atoms with Crippen LogP contribution < -0.4 is 14.4 Å². The Morgan fingerprint density at radius 2 is 1.92 bits per heavy atom. The number of nitrogens with zero attached hydrogens (tertiary/aromatic N) is 4. The first-order valence-electron chi connectivity index (χ1n) is 3.40. The zero-order valence-electron chi connectivity index (χ0n) is 6.32. The van der Waals surface area contributed by atoms with Crippen molar-refractivity contribution in [3.05, 3.63) is 40.3 Å². The Balaban J connectivity index is 2.86. The van der Waals surface area contributed by atoms with Crippen LogP contribution in [0.4, 0.5) is 0 Å². The topological polar surface area (TPSA) is 93.7 Å². The molecule has 0 aliphatic heterocycles. The van der Waals surface area contributed by atoms with Crippen LogP contribution >= 0.6 is 0 Å². The van der Waals surface area contributed by atoms with Gasteiger partial charge in [-0.15, -0.1) is 0 Å². The first-order chi connectivity index (χ1) is 6.16. The molecular formula is C6H4N4O3. The molecule has 0 amide bonds. The number of pyridine rings is 1. The second-order valence-electron chi connectivity index (χ2n) is 2.44. The second kappa shape index (κ2) is 2.41. The molecule has 0 unspecified atom stereocenters. The normalized spacial score (nSPS) is 10.5. The standard InChI is InChI=1S/C6H4N4O3/c11-8-2-1-6-5(3-8)4-9(12)7-10(6)13/h1-4H. The molecule has 0 N–H and O–H groups in total. The lowest BCUT2D eigenvalue weighted by Gasteiger charge is -1.97. The zero-order chi connectivity index (χ0) is 9.42. The fraction of sp³-hybridized carbons (Fsp3) is 0. The van der Waals surface area contributed by atoms with E-state index in [1.54, 1.807) is 0 Å². The third-order valence-corrected chi connectivity index (χ3v) is 1.57. The summed E-state index contributed by atoms with van der Waals surface area (Å²) in [5.41, 5.74) is 0.180. The largest absolute Gasteiger partial charge is 0.619 e. The van der Waals surface area contributed by atoms with Gasteiger partial charge in [0.2, 0.25) is 12.4 Å². The Hall–Kier alpha value is -2.18. The molecule has 2 rings (SSSR count). The maximum atomic E-state index is 11.0. The van der Waals surface area contributed by atoms with Crippen LogP contribution in [0.25, 0.3) is 10.9 Å². The van der Waals surface area contributed by atoms with Crippen molar-refractivity contribution in [1.29, 1.82) is 0 Å². The van der Waals surface area contributed by atoms with Gasteiger partial charge in [-0.3, -0.25) is 0 Å². The summed E-state index contributed by atoms with van der Waals surface area (Å²) in [4.78, 5) is 0.275. The monoisotopic (exact) mass is 180 g/mol. The highest BCUT2D eigenvalue weighted by Crippen LogP contribution is 2.00. The van der Waals surface area contributed by atoms with Gasteiger partial charge < -0.3 is 15.6 Å². The van der Waals surface area contributed by atoms with Gasteiger partial charge in [0.15, 0.2) is 11.6 Å². The second-order valence-corrected chi connectivity index (χ2v) is 2.44. The highest BCUT2D eigenvalue weighted by molar-refractivity contribution is 5.71. The molecule has 13 heavy (non-hydrogen) atoms. The Labute approximate surface area is 71.8 Å². The van der Waals surface area contributed by atoms with Gasteiger partial charge >= 0.3 is 0 Å². The number of rotatable bonds is 0. The van der Waals surface area contributed by atoms with E-state index in [0.29, 0.717) is 4.73 Å². The molecule has 0 saturated carbocycles. The summed E-state index contributed by atoms with van der Waals surface area (Å²) >= 11 is 0. The van der Waals surface area contributed by atoms with E-state index in [-0.39, 0.29) is 20.6 Å². The molecule has 0 spiro atoms. The van der Waals surface area contributed by atoms with Crippen LogP contribution in [0.15, 0.2) is 24.7 Å². The first-order valence-corrected chi connectivity index (χ1v) is 3.40. The highest BCUT2D eigenvalue weighted by Gasteiger charge is 2.13. The van der Waals surface area contributed by atoms with Gasteiger partial charge in [0.1, 0.15) is 0 Å². The van der Waals surface area contributed by atoms with Gasteiger partial charge in [0.05, 0.1) is 6.07 Å². The zero-order valence-corrected chi connectivity index (χ0v) is 6.32. The molecule has 0 saturated heterocycles. The van der Waals surface area contributed by atoms with Gasteiger partial charge in [0.25, 0.3) is 10.7 Å². The van der Waals surface area contributed by atoms with Crippen LogP contribution in [0.3, 0.4) is 0 Å². The van der Waals surface area contributed by atoms with E-state index in [0.717, 1.165) is 18.6 Å². The van der Waals surface area contributed by atoms with Gasteiger partial charge in [-0.2, -0.15) is 4.73 Å². The fourth-order valence-corrected chi connectivity index (χ4v) is 1.03. The highest BCUT2D eigenvalue weighted by atomic mass is 16.5. The van der Waals surface area contributed by atoms with Crippen LogP contribution in [0.1, 0.15) is 0 Å². The number of fused-ring (bicyclic) bond motifs is 1. The van der Waals surface area contributed by atoms with E-state index >= 15 is 0 Å². The van der Waals surface area contributed by atoms with Crippen molar-refractivity contribution in [3.8, 4) is 0 Å². The number of aromatic nitrogens is 4. The summed E-state index contributed by atoms with van der Waals surface area (Å²) < 4.78 is 0.502. The molecule has 0 aliphatic carbocycles. The van der Waals surface area contributed by atoms with E-state index in [9.17, 15) is 15.6 Å². The summed E-state index contributed by atoms with van der Waals surface area (Å²) in [6.45, 7) is 0. The Bertz CT molecular complexity index is 467. The van der Waals surface area contributed by atoms with Gasteiger partial charge in [0, 0.05) is 9.69 Å². The third-order valence-electron chi connectivity index (χ3n) is 1.57. The summed E-state index contributed by atoms with van der Waals surface area (Å²) in [6.07, 6.45) is 3.34. The third kappa shape index (κ3) is 1.15. The molecule has 0 bridgehead atoms. The summed E-state index contributed by atoms with van der Waals surface area (Å²) in [5.74, 6) is 0. The lowest BCUT2D eigenvalue weighted by atomic mass is 10.3. The lowest BCUT2D eigenvalue weighted by molar-refractivity contribution is -0.833. The van der Waals surface area contributed by atoms with Crippen molar-refractivity contribution in [3.63, 3.8) is 0 Å². The smallest absolute Gasteiger partial charge is 0.297 e. The minimum Gasteiger partial charge on any atom is -0.619 e. The predicted molar refractivity (Wildman–Crippen MR) is 38.6 cm³/mol. The fourth-order valence-electron chi connectivity index (χ4n) is 1.03.